The Morgan fingerprint density at radius 2 is 0.381 bits per heavy atom. The third kappa shape index (κ3) is 29300. The molecule has 2 radical (unpaired) electrons. The van der Waals surface area contributed by atoms with Crippen LogP contribution in [-0.2, 0) is 65.3 Å². The molecular weight excluding hydrogens is 464 g/mol. The first-order valence-corrected chi connectivity index (χ1v) is 6.00. The van der Waals surface area contributed by atoms with Gasteiger partial charge < -0.3 is 49.2 Å². The first-order valence-electron chi connectivity index (χ1n) is 2.00. The molecule has 0 heterocycles. The molecule has 0 aromatic rings. The van der Waals surface area contributed by atoms with Crippen molar-refractivity contribution in [2.24, 2.45) is 0 Å². The summed E-state index contributed by atoms with van der Waals surface area (Å²) in [6.45, 7) is 0. The van der Waals surface area contributed by atoms with Crippen molar-refractivity contribution in [1.29, 1.82) is 0 Å². The van der Waals surface area contributed by atoms with E-state index in [1.807, 2.05) is 0 Å². The van der Waals surface area contributed by atoms with Crippen molar-refractivity contribution in [3.63, 3.8) is 0 Å². The van der Waals surface area contributed by atoms with Crippen LogP contribution in [0.3, 0.4) is 0 Å². The zero-order valence-electron chi connectivity index (χ0n) is 8.83. The fourth-order valence-corrected chi connectivity index (χ4v) is 0. The molecule has 0 rings (SSSR count). The van der Waals surface area contributed by atoms with Crippen molar-refractivity contribution in [3.05, 3.63) is 0 Å². The minimum absolute atomic E-state index is 0. The van der Waals surface area contributed by atoms with Gasteiger partial charge >= 0.3 is 34.1 Å². The van der Waals surface area contributed by atoms with Gasteiger partial charge in [0.25, 0.3) is 0 Å². The van der Waals surface area contributed by atoms with E-state index in [-0.39, 0.29) is 56.0 Å². The summed E-state index contributed by atoms with van der Waals surface area (Å²) in [5, 5.41) is 0. The van der Waals surface area contributed by atoms with Crippen LogP contribution in [0.1, 0.15) is 0 Å². The van der Waals surface area contributed by atoms with Gasteiger partial charge in [-0.05, 0) is 0 Å². The molecule has 0 aliphatic carbocycles. The van der Waals surface area contributed by atoms with Gasteiger partial charge in [-0.15, -0.1) is 0 Å². The van der Waals surface area contributed by atoms with Crippen LogP contribution in [0.15, 0.2) is 0 Å². The smallest absolute Gasteiger partial charge is 0.759 e. The summed E-state index contributed by atoms with van der Waals surface area (Å²) < 4.78 is 102. The number of hydrogen-bond acceptors (Lipinski definition) is 12. The van der Waals surface area contributed by atoms with Crippen LogP contribution in [0.25, 0.3) is 0 Å². The number of rotatable bonds is 0. The van der Waals surface area contributed by atoms with Gasteiger partial charge in [0.1, 0.15) is 0 Å². The molecule has 21 heteroatoms. The summed E-state index contributed by atoms with van der Waals surface area (Å²) in [6.07, 6.45) is 0. The van der Waals surface area contributed by atoms with E-state index in [0.717, 1.165) is 0 Å². The van der Waals surface area contributed by atoms with Gasteiger partial charge in [-0.1, -0.05) is 0 Å². The Kier molecular flexibility index (Phi) is 62.7. The molecule has 0 aliphatic heterocycles. The van der Waals surface area contributed by atoms with E-state index in [0.29, 0.717) is 0 Å². The first kappa shape index (κ1) is 57.8. The van der Waals surface area contributed by atoms with E-state index in [2.05, 4.69) is 0 Å². The monoisotopic (exact) mass is 472 g/mol. The van der Waals surface area contributed by atoms with Crippen molar-refractivity contribution in [3.8, 4) is 0 Å². The van der Waals surface area contributed by atoms with Crippen LogP contribution < -0.4 is 0 Å². The summed E-state index contributed by atoms with van der Waals surface area (Å²) in [5.74, 6) is 0. The second kappa shape index (κ2) is 22.8. The van der Waals surface area contributed by atoms with Gasteiger partial charge in [0, 0.05) is 31.2 Å². The molecule has 0 aromatic heterocycles. The Morgan fingerprint density at radius 3 is 0.381 bits per heavy atom. The molecule has 0 fully saturated rings. The van der Waals surface area contributed by atoms with E-state index >= 15 is 0 Å². The summed E-state index contributed by atoms with van der Waals surface area (Å²) >= 11 is 0. The Bertz CT molecular complexity index is 342. The van der Waals surface area contributed by atoms with E-state index < -0.39 is 31.2 Å². The molecule has 16 nitrogen and oxygen atoms in total. The quantitative estimate of drug-likeness (QED) is 0.180. The van der Waals surface area contributed by atoms with Gasteiger partial charge in [-0.3, -0.25) is 25.3 Å². The van der Waals surface area contributed by atoms with Crippen molar-refractivity contribution in [2.45, 2.75) is 0 Å². The van der Waals surface area contributed by atoms with Gasteiger partial charge in [0.05, 0.1) is 0 Å². The van der Waals surface area contributed by atoms with Gasteiger partial charge in [0.2, 0.25) is 0 Å². The Morgan fingerprint density at radius 1 is 0.381 bits per heavy atom. The van der Waals surface area contributed by atoms with Crippen molar-refractivity contribution in [1.82, 2.24) is 0 Å². The molecule has 21 heavy (non-hydrogen) atoms. The van der Waals surface area contributed by atoms with Crippen LogP contribution in [0.4, 0.5) is 0 Å². The molecule has 0 bridgehead atoms. The molecule has 0 saturated carbocycles. The molecule has 0 aromatic carbocycles. The second-order valence-corrected chi connectivity index (χ2v) is 3.67. The van der Waals surface area contributed by atoms with Crippen molar-refractivity contribution < 1.29 is 109 Å². The Labute approximate surface area is 139 Å². The third-order valence-electron chi connectivity index (χ3n) is 0. The molecule has 0 atom stereocenters. The first-order chi connectivity index (χ1) is 6.00. The third-order valence-corrected chi connectivity index (χ3v) is 0. The second-order valence-electron chi connectivity index (χ2n) is 1.22. The predicted octanol–water partition coefficient (Wildman–Crippen LogP) is -7.32. The molecule has 0 spiro atoms. The minimum Gasteiger partial charge on any atom is -0.759 e. The predicted molar refractivity (Wildman–Crippen MR) is 45.9 cm³/mol. The Balaban J connectivity index is -0.0000000129. The van der Waals surface area contributed by atoms with Gasteiger partial charge in [0.15, 0.2) is 0 Å². The standard InChI is InChI=1S/2Fe.3H2O4S.4H2O/c;;3*1-5(2,3)4;;;;/h;;3*(H2,1,2,3,4);4*1H2/q2*+3;;;;;;;/p-6. The fraction of sp³-hybridized carbons (Fsp3) is 0. The number of hydrogen-bond donors (Lipinski definition) is 0. The average molecular weight is 472 g/mol. The SMILES string of the molecule is O.O.O.O.O=S(=O)([O-])[O-].O=S(=O)([O-])[O-].O=S(=O)([O-])[O-].[Fe+3].[Fe+3]. The molecule has 138 valence electrons. The average Bonchev–Trinajstić information content (AvgIpc) is 1.41. The van der Waals surface area contributed by atoms with E-state index in [4.69, 9.17) is 52.6 Å². The van der Waals surface area contributed by atoms with Gasteiger partial charge in [-0.2, -0.15) is 0 Å². The maximum atomic E-state index is 8.52. The summed E-state index contributed by atoms with van der Waals surface area (Å²) in [4.78, 5) is 0. The normalized spacial score (nSPS) is 8.29. The molecule has 0 amide bonds. The van der Waals surface area contributed by atoms with Crippen LogP contribution in [0.2, 0.25) is 0 Å². The maximum Gasteiger partial charge on any atom is 3.00 e. The topological polar surface area (TPSA) is 367 Å². The minimum atomic E-state index is -5.17. The van der Waals surface area contributed by atoms with Gasteiger partial charge in [-0.25, -0.2) is 0 Å². The van der Waals surface area contributed by atoms with E-state index in [1.165, 1.54) is 0 Å². The van der Waals surface area contributed by atoms with Crippen molar-refractivity contribution >= 4 is 31.2 Å². The maximum absolute atomic E-state index is 8.52. The molecular formula is H8Fe2O16S3. The molecule has 0 saturated heterocycles. The summed E-state index contributed by atoms with van der Waals surface area (Å²) in [5.41, 5.74) is 0. The molecule has 0 unspecified atom stereocenters. The van der Waals surface area contributed by atoms with Crippen LogP contribution in [-0.4, -0.2) is 74.5 Å². The fourth-order valence-electron chi connectivity index (χ4n) is 0. The van der Waals surface area contributed by atoms with E-state index in [9.17, 15) is 0 Å². The molecule has 8 N–H and O–H groups in total. The largest absolute Gasteiger partial charge is 3.00 e. The zero-order chi connectivity index (χ0) is 13.5. The van der Waals surface area contributed by atoms with Crippen LogP contribution in [0.5, 0.6) is 0 Å². The zero-order valence-corrected chi connectivity index (χ0v) is 13.5. The van der Waals surface area contributed by atoms with Crippen molar-refractivity contribution in [2.75, 3.05) is 0 Å². The summed E-state index contributed by atoms with van der Waals surface area (Å²) in [6, 6.07) is 0. The summed E-state index contributed by atoms with van der Waals surface area (Å²) in [7, 11) is -15.5. The van der Waals surface area contributed by atoms with Crippen LogP contribution >= 0.6 is 0 Å². The van der Waals surface area contributed by atoms with Crippen LogP contribution in [0, 0.1) is 0 Å². The Hall–Kier alpha value is 0.489. The van der Waals surface area contributed by atoms with E-state index in [1.54, 1.807) is 0 Å². The molecule has 0 aliphatic rings.